The Balaban J connectivity index is 1.36. The van der Waals surface area contributed by atoms with Gasteiger partial charge in [-0.15, -0.1) is 0 Å². The summed E-state index contributed by atoms with van der Waals surface area (Å²) in [6, 6.07) is 6.74. The van der Waals surface area contributed by atoms with Crippen molar-refractivity contribution in [1.29, 1.82) is 0 Å². The molecule has 1 aromatic heterocycles. The number of aliphatic hydroxyl groups is 3. The fourth-order valence-electron chi connectivity index (χ4n) is 4.39. The second-order valence-electron chi connectivity index (χ2n) is 8.95. The predicted molar refractivity (Wildman–Crippen MR) is 138 cm³/mol. The van der Waals surface area contributed by atoms with Crippen LogP contribution in [0.15, 0.2) is 48.8 Å². The monoisotopic (exact) mass is 561 g/mol. The first-order valence-corrected chi connectivity index (χ1v) is 12.3. The van der Waals surface area contributed by atoms with Gasteiger partial charge in [0.25, 0.3) is 0 Å². The summed E-state index contributed by atoms with van der Waals surface area (Å²) in [4.78, 5) is 23.2. The summed E-state index contributed by atoms with van der Waals surface area (Å²) in [5, 5.41) is 34.1. The quantitative estimate of drug-likeness (QED) is 0.201. The minimum absolute atomic E-state index is 0.0114. The van der Waals surface area contributed by atoms with Crippen LogP contribution in [0.2, 0.25) is 5.02 Å². The number of likely N-dealkylation sites (tertiary alicyclic amines) is 1. The molecule has 0 bridgehead atoms. The summed E-state index contributed by atoms with van der Waals surface area (Å²) in [6.07, 6.45) is 0.753. The zero-order valence-corrected chi connectivity index (χ0v) is 21.1. The SMILES string of the molecule is O=C(/C=C/CN1CC2OCCOC2C1)Nc1cc2c(Nc3ccc(F)c(Cl)c3)ncnc2cc1OC(O)(O)O. The van der Waals surface area contributed by atoms with Crippen LogP contribution in [0.3, 0.4) is 0 Å². The molecule has 12 nitrogen and oxygen atoms in total. The normalized spacial score (nSPS) is 19.8. The number of nitrogens with one attached hydrogen (secondary N) is 2. The molecular weight excluding hydrogens is 537 g/mol. The molecule has 0 aliphatic carbocycles. The first-order valence-electron chi connectivity index (χ1n) is 11.9. The zero-order chi connectivity index (χ0) is 27.6. The van der Waals surface area contributed by atoms with Gasteiger partial charge in [-0.2, -0.15) is 0 Å². The van der Waals surface area contributed by atoms with E-state index in [0.717, 1.165) is 0 Å². The maximum Gasteiger partial charge on any atom is 0.453 e. The molecule has 2 atom stereocenters. The van der Waals surface area contributed by atoms with Crippen molar-refractivity contribution in [3.05, 3.63) is 59.7 Å². The molecule has 2 aromatic carbocycles. The standard InChI is InChI=1S/C25H25ClFN5O7/c26-16-8-14(3-4-17(16)27)30-24-15-9-19(20(39-25(34,35)36)10-18(15)28-13-29-24)31-23(33)2-1-5-32-11-21-22(12-32)38-7-6-37-21/h1-4,8-10,13,21-22,34-36H,5-7,11-12H2,(H,31,33)(H,28,29,30)/b2-1+. The summed E-state index contributed by atoms with van der Waals surface area (Å²) in [6.45, 7) is 3.02. The van der Waals surface area contributed by atoms with Crippen molar-refractivity contribution >= 4 is 45.6 Å². The van der Waals surface area contributed by atoms with Crippen LogP contribution in [-0.4, -0.2) is 87.3 Å². The number of hydrogen-bond donors (Lipinski definition) is 5. The number of benzene rings is 2. The lowest BCUT2D eigenvalue weighted by atomic mass is 10.1. The van der Waals surface area contributed by atoms with E-state index in [1.807, 2.05) is 0 Å². The number of amides is 1. The first-order chi connectivity index (χ1) is 18.6. The van der Waals surface area contributed by atoms with Crippen molar-refractivity contribution in [2.24, 2.45) is 0 Å². The molecule has 39 heavy (non-hydrogen) atoms. The Morgan fingerprint density at radius 2 is 1.92 bits per heavy atom. The van der Waals surface area contributed by atoms with Crippen molar-refractivity contribution < 1.29 is 38.7 Å². The highest BCUT2D eigenvalue weighted by Crippen LogP contribution is 2.35. The molecule has 5 rings (SSSR count). The van der Waals surface area contributed by atoms with E-state index >= 15 is 0 Å². The number of fused-ring (bicyclic) bond motifs is 2. The molecular formula is C25H25ClFN5O7. The average molecular weight is 562 g/mol. The number of hydrogen-bond acceptors (Lipinski definition) is 11. The van der Waals surface area contributed by atoms with E-state index in [9.17, 15) is 24.5 Å². The molecule has 1 amide bonds. The van der Waals surface area contributed by atoms with Crippen LogP contribution in [-0.2, 0) is 14.3 Å². The van der Waals surface area contributed by atoms with Gasteiger partial charge in [0, 0.05) is 42.9 Å². The van der Waals surface area contributed by atoms with Crippen molar-refractivity contribution in [3.8, 4) is 5.75 Å². The highest BCUT2D eigenvalue weighted by molar-refractivity contribution is 6.31. The lowest BCUT2D eigenvalue weighted by Crippen LogP contribution is -2.36. The summed E-state index contributed by atoms with van der Waals surface area (Å²) in [7, 11) is 0. The van der Waals surface area contributed by atoms with Gasteiger partial charge in [0.1, 0.15) is 18.0 Å². The van der Waals surface area contributed by atoms with Gasteiger partial charge in [0.2, 0.25) is 5.91 Å². The van der Waals surface area contributed by atoms with Gasteiger partial charge in [0.15, 0.2) is 5.75 Å². The van der Waals surface area contributed by atoms with E-state index in [0.29, 0.717) is 43.9 Å². The maximum absolute atomic E-state index is 13.6. The molecule has 2 aliphatic rings. The summed E-state index contributed by atoms with van der Waals surface area (Å²) < 4.78 is 29.8. The molecule has 3 aromatic rings. The fourth-order valence-corrected chi connectivity index (χ4v) is 4.57. The van der Waals surface area contributed by atoms with E-state index in [2.05, 4.69) is 25.5 Å². The third-order valence-corrected chi connectivity index (χ3v) is 6.38. The highest BCUT2D eigenvalue weighted by atomic mass is 35.5. The topological polar surface area (TPSA) is 159 Å². The Morgan fingerprint density at radius 3 is 2.62 bits per heavy atom. The fraction of sp³-hybridized carbons (Fsp3) is 0.320. The Labute approximate surface area is 226 Å². The largest absolute Gasteiger partial charge is 0.453 e. The number of ether oxygens (including phenoxy) is 3. The Morgan fingerprint density at radius 1 is 1.18 bits per heavy atom. The Hall–Kier alpha value is -3.43. The smallest absolute Gasteiger partial charge is 0.415 e. The molecule has 2 fully saturated rings. The average Bonchev–Trinajstić information content (AvgIpc) is 3.29. The van der Waals surface area contributed by atoms with Crippen molar-refractivity contribution in [1.82, 2.24) is 14.9 Å². The number of aromatic nitrogens is 2. The molecule has 5 N–H and O–H groups in total. The molecule has 206 valence electrons. The summed E-state index contributed by atoms with van der Waals surface area (Å²) in [5.41, 5.74) is 0.698. The molecule has 0 spiro atoms. The van der Waals surface area contributed by atoms with E-state index in [1.54, 1.807) is 6.08 Å². The van der Waals surface area contributed by atoms with Crippen molar-refractivity contribution in [2.45, 2.75) is 18.4 Å². The Kier molecular flexibility index (Phi) is 7.91. The minimum Gasteiger partial charge on any atom is -0.415 e. The molecule has 0 saturated carbocycles. The van der Waals surface area contributed by atoms with Crippen LogP contribution in [0.4, 0.5) is 21.6 Å². The molecule has 0 radical (unpaired) electrons. The first kappa shape index (κ1) is 27.1. The molecule has 3 heterocycles. The lowest BCUT2D eigenvalue weighted by Gasteiger charge is -2.24. The van der Waals surface area contributed by atoms with Crippen LogP contribution in [0.1, 0.15) is 0 Å². The number of halogens is 2. The van der Waals surface area contributed by atoms with Gasteiger partial charge >= 0.3 is 6.16 Å². The minimum atomic E-state index is -3.52. The van der Waals surface area contributed by atoms with Gasteiger partial charge < -0.3 is 40.2 Å². The number of carbonyl (C=O) groups is 1. The highest BCUT2D eigenvalue weighted by Gasteiger charge is 2.35. The molecule has 14 heteroatoms. The van der Waals surface area contributed by atoms with Gasteiger partial charge in [-0.1, -0.05) is 17.7 Å². The third-order valence-electron chi connectivity index (χ3n) is 6.09. The number of carbonyl (C=O) groups excluding carboxylic acids is 1. The van der Waals surface area contributed by atoms with Crippen LogP contribution in [0.5, 0.6) is 5.75 Å². The molecule has 2 aliphatic heterocycles. The van der Waals surface area contributed by atoms with Crippen LogP contribution >= 0.6 is 11.6 Å². The van der Waals surface area contributed by atoms with Gasteiger partial charge in [0.05, 0.1) is 41.6 Å². The van der Waals surface area contributed by atoms with Crippen LogP contribution in [0.25, 0.3) is 10.9 Å². The van der Waals surface area contributed by atoms with Gasteiger partial charge in [-0.05, 0) is 24.3 Å². The van der Waals surface area contributed by atoms with Crippen molar-refractivity contribution in [3.63, 3.8) is 0 Å². The zero-order valence-electron chi connectivity index (χ0n) is 20.4. The summed E-state index contributed by atoms with van der Waals surface area (Å²) >= 11 is 5.87. The maximum atomic E-state index is 13.6. The van der Waals surface area contributed by atoms with E-state index in [4.69, 9.17) is 25.8 Å². The second kappa shape index (κ2) is 11.4. The molecule has 2 unspecified atom stereocenters. The van der Waals surface area contributed by atoms with E-state index in [-0.39, 0.29) is 40.0 Å². The van der Waals surface area contributed by atoms with Gasteiger partial charge in [-0.3, -0.25) is 9.69 Å². The summed E-state index contributed by atoms with van der Waals surface area (Å²) in [5.74, 6) is -1.12. The van der Waals surface area contributed by atoms with E-state index in [1.165, 1.54) is 42.7 Å². The van der Waals surface area contributed by atoms with Crippen LogP contribution in [0, 0.1) is 5.82 Å². The number of nitrogens with zero attached hydrogens (tertiary/aromatic N) is 3. The van der Waals surface area contributed by atoms with Crippen LogP contribution < -0.4 is 15.4 Å². The van der Waals surface area contributed by atoms with E-state index < -0.39 is 17.9 Å². The van der Waals surface area contributed by atoms with Gasteiger partial charge in [-0.25, -0.2) is 14.4 Å². The predicted octanol–water partition coefficient (Wildman–Crippen LogP) is 1.73. The second-order valence-corrected chi connectivity index (χ2v) is 9.35. The Bertz CT molecular complexity index is 1390. The van der Waals surface area contributed by atoms with Crippen molar-refractivity contribution in [2.75, 3.05) is 43.5 Å². The molecule has 2 saturated heterocycles. The number of rotatable bonds is 8. The third kappa shape index (κ3) is 6.78. The lowest BCUT2D eigenvalue weighted by molar-refractivity contribution is -0.419. The number of anilines is 3.